The SMILES string of the molecule is Cc1c(O)cccc1C(=O)NC(Cc1ccccc1)C(O)C=O. The number of hydrogen-bond acceptors (Lipinski definition) is 4. The maximum absolute atomic E-state index is 12.4. The van der Waals surface area contributed by atoms with Crippen molar-refractivity contribution in [3.8, 4) is 5.75 Å². The Morgan fingerprint density at radius 2 is 1.87 bits per heavy atom. The Balaban J connectivity index is 2.19. The second-order valence-corrected chi connectivity index (χ2v) is 5.35. The van der Waals surface area contributed by atoms with Crippen LogP contribution < -0.4 is 5.32 Å². The van der Waals surface area contributed by atoms with Gasteiger partial charge in [-0.3, -0.25) is 4.79 Å². The van der Waals surface area contributed by atoms with Crippen LogP contribution in [-0.4, -0.2) is 34.6 Å². The Kier molecular flexibility index (Phi) is 5.49. The Hall–Kier alpha value is -2.66. The molecular formula is C18H19NO4. The maximum Gasteiger partial charge on any atom is 0.252 e. The van der Waals surface area contributed by atoms with E-state index < -0.39 is 18.1 Å². The number of carbonyl (C=O) groups is 2. The molecule has 2 atom stereocenters. The summed E-state index contributed by atoms with van der Waals surface area (Å²) in [7, 11) is 0. The third-order valence-electron chi connectivity index (χ3n) is 3.72. The van der Waals surface area contributed by atoms with Gasteiger partial charge in [0.2, 0.25) is 0 Å². The van der Waals surface area contributed by atoms with Gasteiger partial charge in [0.25, 0.3) is 5.91 Å². The van der Waals surface area contributed by atoms with Crippen LogP contribution in [0.5, 0.6) is 5.75 Å². The number of phenols is 1. The molecule has 0 fully saturated rings. The average Bonchev–Trinajstić information content (AvgIpc) is 2.56. The summed E-state index contributed by atoms with van der Waals surface area (Å²) in [6, 6.07) is 13.2. The lowest BCUT2D eigenvalue weighted by atomic mass is 10.0. The summed E-state index contributed by atoms with van der Waals surface area (Å²) in [5.41, 5.74) is 1.65. The van der Waals surface area contributed by atoms with Gasteiger partial charge in [0.1, 0.15) is 11.9 Å². The molecule has 5 heteroatoms. The molecular weight excluding hydrogens is 294 g/mol. The van der Waals surface area contributed by atoms with Gasteiger partial charge >= 0.3 is 0 Å². The summed E-state index contributed by atoms with van der Waals surface area (Å²) >= 11 is 0. The van der Waals surface area contributed by atoms with Gasteiger partial charge in [-0.2, -0.15) is 0 Å². The first-order chi connectivity index (χ1) is 11.0. The molecule has 0 aromatic heterocycles. The second-order valence-electron chi connectivity index (χ2n) is 5.35. The van der Waals surface area contributed by atoms with E-state index in [9.17, 15) is 19.8 Å². The Morgan fingerprint density at radius 1 is 1.17 bits per heavy atom. The molecule has 0 aliphatic heterocycles. The number of aliphatic hydroxyl groups excluding tert-OH is 1. The molecule has 5 nitrogen and oxygen atoms in total. The number of aliphatic hydroxyl groups is 1. The predicted octanol–water partition coefficient (Wildman–Crippen LogP) is 1.60. The summed E-state index contributed by atoms with van der Waals surface area (Å²) in [5, 5.41) is 22.2. The molecule has 0 bridgehead atoms. The fourth-order valence-corrected chi connectivity index (χ4v) is 2.34. The molecule has 2 rings (SSSR count). The van der Waals surface area contributed by atoms with Gasteiger partial charge in [-0.25, -0.2) is 0 Å². The summed E-state index contributed by atoms with van der Waals surface area (Å²) in [6.45, 7) is 1.63. The van der Waals surface area contributed by atoms with E-state index in [4.69, 9.17) is 0 Å². The third-order valence-corrected chi connectivity index (χ3v) is 3.72. The van der Waals surface area contributed by atoms with Crippen molar-refractivity contribution in [2.24, 2.45) is 0 Å². The van der Waals surface area contributed by atoms with Crippen LogP contribution in [0.2, 0.25) is 0 Å². The monoisotopic (exact) mass is 313 g/mol. The molecule has 0 saturated heterocycles. The highest BCUT2D eigenvalue weighted by atomic mass is 16.3. The molecule has 23 heavy (non-hydrogen) atoms. The lowest BCUT2D eigenvalue weighted by molar-refractivity contribution is -0.115. The largest absolute Gasteiger partial charge is 0.508 e. The number of amides is 1. The summed E-state index contributed by atoms with van der Waals surface area (Å²) in [5.74, 6) is -0.423. The smallest absolute Gasteiger partial charge is 0.252 e. The van der Waals surface area contributed by atoms with Crippen LogP contribution in [-0.2, 0) is 11.2 Å². The number of aromatic hydroxyl groups is 1. The van der Waals surface area contributed by atoms with Gasteiger partial charge in [-0.15, -0.1) is 0 Å². The zero-order chi connectivity index (χ0) is 16.8. The van der Waals surface area contributed by atoms with E-state index >= 15 is 0 Å². The number of phenolic OH excluding ortho intramolecular Hbond substituents is 1. The van der Waals surface area contributed by atoms with Crippen LogP contribution in [0, 0.1) is 6.92 Å². The zero-order valence-electron chi connectivity index (χ0n) is 12.8. The number of nitrogens with one attached hydrogen (secondary N) is 1. The van der Waals surface area contributed by atoms with Crippen LogP contribution in [0.15, 0.2) is 48.5 Å². The molecule has 0 aliphatic carbocycles. The Labute approximate surface area is 134 Å². The Bertz CT molecular complexity index is 685. The van der Waals surface area contributed by atoms with Crippen molar-refractivity contribution in [1.82, 2.24) is 5.32 Å². The Morgan fingerprint density at radius 3 is 2.52 bits per heavy atom. The van der Waals surface area contributed by atoms with Crippen LogP contribution in [0.1, 0.15) is 21.5 Å². The second kappa shape index (κ2) is 7.56. The summed E-state index contributed by atoms with van der Waals surface area (Å²) in [6.07, 6.45) is -0.579. The lowest BCUT2D eigenvalue weighted by Gasteiger charge is -2.21. The van der Waals surface area contributed by atoms with E-state index in [1.807, 2.05) is 30.3 Å². The van der Waals surface area contributed by atoms with Gasteiger partial charge < -0.3 is 20.3 Å². The molecule has 2 unspecified atom stereocenters. The van der Waals surface area contributed by atoms with Gasteiger partial charge in [0.15, 0.2) is 6.29 Å². The van der Waals surface area contributed by atoms with Gasteiger partial charge in [0.05, 0.1) is 6.04 Å². The normalized spacial score (nSPS) is 13.1. The highest BCUT2D eigenvalue weighted by molar-refractivity contribution is 5.96. The van der Waals surface area contributed by atoms with E-state index in [1.165, 1.54) is 6.07 Å². The van der Waals surface area contributed by atoms with Crippen molar-refractivity contribution in [3.63, 3.8) is 0 Å². The molecule has 0 heterocycles. The predicted molar refractivity (Wildman–Crippen MR) is 86.3 cm³/mol. The van der Waals surface area contributed by atoms with E-state index in [1.54, 1.807) is 19.1 Å². The van der Waals surface area contributed by atoms with Crippen molar-refractivity contribution in [3.05, 3.63) is 65.2 Å². The first kappa shape index (κ1) is 16.7. The highest BCUT2D eigenvalue weighted by Gasteiger charge is 2.23. The van der Waals surface area contributed by atoms with Crippen LogP contribution in [0.25, 0.3) is 0 Å². The first-order valence-electron chi connectivity index (χ1n) is 7.29. The highest BCUT2D eigenvalue weighted by Crippen LogP contribution is 2.19. The van der Waals surface area contributed by atoms with E-state index in [2.05, 4.69) is 5.32 Å². The molecule has 0 spiro atoms. The van der Waals surface area contributed by atoms with Gasteiger partial charge in [0, 0.05) is 11.1 Å². The van der Waals surface area contributed by atoms with E-state index in [-0.39, 0.29) is 5.75 Å². The number of carbonyl (C=O) groups excluding carboxylic acids is 2. The minimum Gasteiger partial charge on any atom is -0.508 e. The van der Waals surface area contributed by atoms with Crippen molar-refractivity contribution in [2.45, 2.75) is 25.5 Å². The fourth-order valence-electron chi connectivity index (χ4n) is 2.34. The van der Waals surface area contributed by atoms with E-state index in [0.717, 1.165) is 5.56 Å². The minimum atomic E-state index is -1.31. The minimum absolute atomic E-state index is 0.0215. The molecule has 2 aromatic rings. The van der Waals surface area contributed by atoms with Crippen molar-refractivity contribution in [1.29, 1.82) is 0 Å². The third kappa shape index (κ3) is 4.17. The molecule has 1 amide bonds. The number of hydrogen-bond donors (Lipinski definition) is 3. The van der Waals surface area contributed by atoms with Crippen molar-refractivity contribution >= 4 is 12.2 Å². The van der Waals surface area contributed by atoms with Crippen LogP contribution >= 0.6 is 0 Å². The number of rotatable bonds is 6. The summed E-state index contributed by atoms with van der Waals surface area (Å²) < 4.78 is 0. The van der Waals surface area contributed by atoms with Crippen LogP contribution in [0.3, 0.4) is 0 Å². The van der Waals surface area contributed by atoms with Gasteiger partial charge in [-0.1, -0.05) is 36.4 Å². The fraction of sp³-hybridized carbons (Fsp3) is 0.222. The van der Waals surface area contributed by atoms with Crippen molar-refractivity contribution in [2.75, 3.05) is 0 Å². The van der Waals surface area contributed by atoms with Gasteiger partial charge in [-0.05, 0) is 31.0 Å². The van der Waals surface area contributed by atoms with Crippen LogP contribution in [0.4, 0.5) is 0 Å². The standard InChI is InChI=1S/C18H19NO4/c1-12-14(8-5-9-16(12)21)18(23)19-15(17(22)11-20)10-13-6-3-2-4-7-13/h2-9,11,15,17,21-22H,10H2,1H3,(H,19,23). The number of benzene rings is 2. The number of aldehydes is 1. The molecule has 0 aliphatic rings. The maximum atomic E-state index is 12.4. The van der Waals surface area contributed by atoms with E-state index in [0.29, 0.717) is 23.8 Å². The zero-order valence-corrected chi connectivity index (χ0v) is 12.8. The molecule has 0 radical (unpaired) electrons. The topological polar surface area (TPSA) is 86.6 Å². The quantitative estimate of drug-likeness (QED) is 0.707. The average molecular weight is 313 g/mol. The lowest BCUT2D eigenvalue weighted by Crippen LogP contribution is -2.45. The first-order valence-corrected chi connectivity index (χ1v) is 7.29. The molecule has 2 aromatic carbocycles. The summed E-state index contributed by atoms with van der Waals surface area (Å²) in [4.78, 5) is 23.3. The van der Waals surface area contributed by atoms with Crippen molar-refractivity contribution < 1.29 is 19.8 Å². The molecule has 120 valence electrons. The molecule has 3 N–H and O–H groups in total. The molecule has 0 saturated carbocycles.